The number of anilines is 2. The molecule has 4 bridgehead atoms. The van der Waals surface area contributed by atoms with Crippen LogP contribution >= 0.6 is 0 Å². The molecule has 0 heterocycles. The van der Waals surface area contributed by atoms with E-state index in [-0.39, 0.29) is 29.8 Å². The SMILES string of the molecule is CCN(CC(=O)Nc1ccc(NC(C)=O)cc1)C(=O)C[NH2+]C12CC3CC(CC(C3)C1)C2. The molecule has 0 radical (unpaired) electrons. The Morgan fingerprint density at radius 3 is 1.97 bits per heavy atom. The van der Waals surface area contributed by atoms with Crippen molar-refractivity contribution in [1.82, 2.24) is 4.90 Å². The molecule has 168 valence electrons. The number of rotatable bonds is 8. The van der Waals surface area contributed by atoms with Crippen LogP contribution in [0.1, 0.15) is 52.4 Å². The molecule has 0 spiro atoms. The van der Waals surface area contributed by atoms with Gasteiger partial charge in [0.1, 0.15) is 6.54 Å². The molecule has 4 saturated carbocycles. The summed E-state index contributed by atoms with van der Waals surface area (Å²) in [6.45, 7) is 4.36. The molecule has 0 atom stereocenters. The van der Waals surface area contributed by atoms with Crippen molar-refractivity contribution in [2.45, 2.75) is 57.9 Å². The first-order valence-corrected chi connectivity index (χ1v) is 11.6. The molecule has 4 fully saturated rings. The van der Waals surface area contributed by atoms with Crippen molar-refractivity contribution in [2.75, 3.05) is 30.3 Å². The minimum absolute atomic E-state index is 0.0365. The Bertz CT molecular complexity index is 800. The number of benzene rings is 1. The van der Waals surface area contributed by atoms with Crippen LogP contribution in [-0.2, 0) is 14.4 Å². The second-order valence-electron chi connectivity index (χ2n) is 9.90. The van der Waals surface area contributed by atoms with E-state index >= 15 is 0 Å². The van der Waals surface area contributed by atoms with E-state index in [0.29, 0.717) is 24.5 Å². The molecular weight excluding hydrogens is 392 g/mol. The summed E-state index contributed by atoms with van der Waals surface area (Å²) in [5.41, 5.74) is 1.58. The Hall–Kier alpha value is -2.41. The molecule has 1 aromatic carbocycles. The third-order valence-electron chi connectivity index (χ3n) is 7.35. The molecule has 0 aromatic heterocycles. The zero-order valence-corrected chi connectivity index (χ0v) is 18.7. The van der Waals surface area contributed by atoms with Gasteiger partial charge in [0, 0.05) is 44.1 Å². The largest absolute Gasteiger partial charge is 0.334 e. The summed E-state index contributed by atoms with van der Waals surface area (Å²) in [6.07, 6.45) is 7.96. The van der Waals surface area contributed by atoms with Crippen molar-refractivity contribution in [3.8, 4) is 0 Å². The van der Waals surface area contributed by atoms with Crippen LogP contribution in [0.15, 0.2) is 24.3 Å². The molecule has 3 amide bonds. The van der Waals surface area contributed by atoms with Crippen molar-refractivity contribution >= 4 is 29.1 Å². The van der Waals surface area contributed by atoms with Gasteiger partial charge in [-0.1, -0.05) is 0 Å². The minimum Gasteiger partial charge on any atom is -0.334 e. The fourth-order valence-corrected chi connectivity index (χ4v) is 6.45. The number of likely N-dealkylation sites (N-methyl/N-ethyl adjacent to an activating group) is 1. The molecule has 0 unspecified atom stereocenters. The summed E-state index contributed by atoms with van der Waals surface area (Å²) in [6, 6.07) is 6.95. The van der Waals surface area contributed by atoms with E-state index in [1.165, 1.54) is 45.4 Å². The molecule has 31 heavy (non-hydrogen) atoms. The maximum Gasteiger partial charge on any atom is 0.278 e. The highest BCUT2D eigenvalue weighted by Crippen LogP contribution is 2.54. The summed E-state index contributed by atoms with van der Waals surface area (Å²) >= 11 is 0. The Morgan fingerprint density at radius 2 is 1.48 bits per heavy atom. The molecule has 7 nitrogen and oxygen atoms in total. The zero-order chi connectivity index (χ0) is 22.0. The van der Waals surface area contributed by atoms with Crippen molar-refractivity contribution in [1.29, 1.82) is 0 Å². The molecular formula is C24H35N4O3+. The zero-order valence-electron chi connectivity index (χ0n) is 18.7. The molecule has 0 aliphatic heterocycles. The number of quaternary nitrogens is 1. The topological polar surface area (TPSA) is 95.1 Å². The van der Waals surface area contributed by atoms with Crippen LogP contribution in [0.25, 0.3) is 0 Å². The minimum atomic E-state index is -0.211. The second-order valence-corrected chi connectivity index (χ2v) is 9.90. The number of carbonyl (C=O) groups is 3. The number of carbonyl (C=O) groups excluding carboxylic acids is 3. The van der Waals surface area contributed by atoms with Crippen molar-refractivity contribution in [2.24, 2.45) is 17.8 Å². The van der Waals surface area contributed by atoms with E-state index in [2.05, 4.69) is 16.0 Å². The van der Waals surface area contributed by atoms with Gasteiger partial charge in [0.15, 0.2) is 6.54 Å². The van der Waals surface area contributed by atoms with Crippen LogP contribution < -0.4 is 16.0 Å². The molecule has 0 saturated heterocycles. The van der Waals surface area contributed by atoms with E-state index in [9.17, 15) is 14.4 Å². The summed E-state index contributed by atoms with van der Waals surface area (Å²) in [7, 11) is 0. The van der Waals surface area contributed by atoms with Gasteiger partial charge < -0.3 is 20.9 Å². The third-order valence-corrected chi connectivity index (χ3v) is 7.35. The lowest BCUT2D eigenvalue weighted by atomic mass is 9.53. The van der Waals surface area contributed by atoms with Gasteiger partial charge in [-0.05, 0) is 68.2 Å². The second kappa shape index (κ2) is 8.99. The highest BCUT2D eigenvalue weighted by atomic mass is 16.2. The smallest absolute Gasteiger partial charge is 0.278 e. The van der Waals surface area contributed by atoms with Crippen LogP contribution in [0.3, 0.4) is 0 Å². The fraction of sp³-hybridized carbons (Fsp3) is 0.625. The van der Waals surface area contributed by atoms with Crippen molar-refractivity contribution < 1.29 is 19.7 Å². The van der Waals surface area contributed by atoms with Crippen LogP contribution in [-0.4, -0.2) is 47.8 Å². The van der Waals surface area contributed by atoms with Gasteiger partial charge in [0.05, 0.1) is 5.54 Å². The molecule has 5 rings (SSSR count). The van der Waals surface area contributed by atoms with Crippen LogP contribution in [0, 0.1) is 17.8 Å². The van der Waals surface area contributed by atoms with Gasteiger partial charge in [-0.15, -0.1) is 0 Å². The highest BCUT2D eigenvalue weighted by molar-refractivity contribution is 5.95. The van der Waals surface area contributed by atoms with Gasteiger partial charge in [-0.3, -0.25) is 14.4 Å². The number of hydrogen-bond donors (Lipinski definition) is 3. The third kappa shape index (κ3) is 5.26. The first kappa shape index (κ1) is 21.8. The molecule has 1 aromatic rings. The lowest BCUT2D eigenvalue weighted by molar-refractivity contribution is -0.730. The maximum absolute atomic E-state index is 12.9. The highest BCUT2D eigenvalue weighted by Gasteiger charge is 2.53. The molecule has 4 N–H and O–H groups in total. The number of nitrogens with one attached hydrogen (secondary N) is 2. The summed E-state index contributed by atoms with van der Waals surface area (Å²) in [4.78, 5) is 38.1. The Labute approximate surface area is 184 Å². The predicted molar refractivity (Wildman–Crippen MR) is 119 cm³/mol. The molecule has 7 heteroatoms. The molecule has 4 aliphatic rings. The average molecular weight is 428 g/mol. The van der Waals surface area contributed by atoms with E-state index < -0.39 is 0 Å². The van der Waals surface area contributed by atoms with Gasteiger partial charge in [-0.25, -0.2) is 0 Å². The predicted octanol–water partition coefficient (Wildman–Crippen LogP) is 1.96. The van der Waals surface area contributed by atoms with Crippen LogP contribution in [0.5, 0.6) is 0 Å². The fourth-order valence-electron chi connectivity index (χ4n) is 6.45. The summed E-state index contributed by atoms with van der Waals surface area (Å²) in [5.74, 6) is 2.28. The Morgan fingerprint density at radius 1 is 0.968 bits per heavy atom. The lowest BCUT2D eigenvalue weighted by Gasteiger charge is -2.54. The molecule has 4 aliphatic carbocycles. The van der Waals surface area contributed by atoms with Crippen LogP contribution in [0.4, 0.5) is 11.4 Å². The number of amides is 3. The van der Waals surface area contributed by atoms with Crippen LogP contribution in [0.2, 0.25) is 0 Å². The normalized spacial score (nSPS) is 28.3. The van der Waals surface area contributed by atoms with Crippen molar-refractivity contribution in [3.05, 3.63) is 24.3 Å². The standard InChI is InChI=1S/C24H34N4O3/c1-3-28(15-22(30)27-21-6-4-20(5-7-21)26-16(2)29)23(31)14-25-24-11-17-8-18(12-24)10-19(9-17)13-24/h4-7,17-19,25H,3,8-15H2,1-2H3,(H,26,29)(H,27,30)/p+1. The first-order valence-electron chi connectivity index (χ1n) is 11.6. The maximum atomic E-state index is 12.9. The Kier molecular flexibility index (Phi) is 6.32. The van der Waals surface area contributed by atoms with E-state index in [1.807, 2.05) is 6.92 Å². The summed E-state index contributed by atoms with van der Waals surface area (Å²) in [5, 5.41) is 7.84. The average Bonchev–Trinajstić information content (AvgIpc) is 2.70. The van der Waals surface area contributed by atoms with Crippen molar-refractivity contribution in [3.63, 3.8) is 0 Å². The van der Waals surface area contributed by atoms with Gasteiger partial charge in [0.2, 0.25) is 11.8 Å². The van der Waals surface area contributed by atoms with E-state index in [0.717, 1.165) is 17.8 Å². The number of nitrogens with zero attached hydrogens (tertiary/aromatic N) is 1. The first-order chi connectivity index (χ1) is 14.8. The monoisotopic (exact) mass is 427 g/mol. The summed E-state index contributed by atoms with van der Waals surface area (Å²) < 4.78 is 0. The Balaban J connectivity index is 1.27. The van der Waals surface area contributed by atoms with Gasteiger partial charge in [0.25, 0.3) is 5.91 Å². The van der Waals surface area contributed by atoms with E-state index in [1.54, 1.807) is 29.2 Å². The number of hydrogen-bond acceptors (Lipinski definition) is 3. The van der Waals surface area contributed by atoms with Gasteiger partial charge >= 0.3 is 0 Å². The quantitative estimate of drug-likeness (QED) is 0.592. The lowest BCUT2D eigenvalue weighted by Crippen LogP contribution is -3.00. The number of nitrogens with two attached hydrogens (primary N) is 1. The van der Waals surface area contributed by atoms with E-state index in [4.69, 9.17) is 0 Å². The van der Waals surface area contributed by atoms with Gasteiger partial charge in [-0.2, -0.15) is 0 Å².